The van der Waals surface area contributed by atoms with Crippen molar-refractivity contribution in [2.75, 3.05) is 20.2 Å². The molecule has 1 fully saturated rings. The third-order valence-corrected chi connectivity index (χ3v) is 3.63. The van der Waals surface area contributed by atoms with Gasteiger partial charge in [-0.2, -0.15) is 0 Å². The number of ketones is 1. The van der Waals surface area contributed by atoms with E-state index in [-0.39, 0.29) is 5.92 Å². The van der Waals surface area contributed by atoms with Gasteiger partial charge in [-0.15, -0.1) is 0 Å². The minimum absolute atomic E-state index is 0.244. The highest BCUT2D eigenvalue weighted by Crippen LogP contribution is 2.21. The second kappa shape index (κ2) is 6.01. The van der Waals surface area contributed by atoms with Crippen LogP contribution in [0.3, 0.4) is 0 Å². The van der Waals surface area contributed by atoms with Crippen molar-refractivity contribution in [1.29, 1.82) is 0 Å². The monoisotopic (exact) mass is 247 g/mol. The van der Waals surface area contributed by atoms with Crippen LogP contribution in [0.15, 0.2) is 18.2 Å². The molecule has 0 radical (unpaired) electrons. The Labute approximate surface area is 109 Å². The molecule has 18 heavy (non-hydrogen) atoms. The van der Waals surface area contributed by atoms with Gasteiger partial charge in [0, 0.05) is 12.3 Å². The average molecular weight is 247 g/mol. The Morgan fingerprint density at radius 3 is 2.72 bits per heavy atom. The number of Topliss-reactive ketones (excluding diaryl/α,β-unsaturated/α-hetero) is 1. The van der Waals surface area contributed by atoms with Gasteiger partial charge in [0.1, 0.15) is 11.5 Å². The third kappa shape index (κ3) is 3.10. The lowest BCUT2D eigenvalue weighted by Crippen LogP contribution is -2.32. The quantitative estimate of drug-likeness (QED) is 0.885. The number of rotatable bonds is 4. The fourth-order valence-electron chi connectivity index (χ4n) is 2.54. The summed E-state index contributed by atoms with van der Waals surface area (Å²) in [5.74, 6) is 1.50. The van der Waals surface area contributed by atoms with Crippen LogP contribution in [0.1, 0.15) is 24.0 Å². The third-order valence-electron chi connectivity index (χ3n) is 3.63. The molecule has 0 spiro atoms. The zero-order chi connectivity index (χ0) is 13.0. The normalized spacial score (nSPS) is 16.6. The molecule has 1 saturated heterocycles. The molecule has 1 aromatic rings. The van der Waals surface area contributed by atoms with Crippen LogP contribution in [-0.4, -0.2) is 26.0 Å². The van der Waals surface area contributed by atoms with E-state index < -0.39 is 0 Å². The Morgan fingerprint density at radius 1 is 1.39 bits per heavy atom. The van der Waals surface area contributed by atoms with Gasteiger partial charge in [-0.1, -0.05) is 12.1 Å². The molecule has 0 unspecified atom stereocenters. The number of ether oxygens (including phenoxy) is 1. The van der Waals surface area contributed by atoms with Crippen LogP contribution < -0.4 is 10.1 Å². The van der Waals surface area contributed by atoms with Crippen molar-refractivity contribution in [3.05, 3.63) is 29.3 Å². The van der Waals surface area contributed by atoms with Gasteiger partial charge in [0.25, 0.3) is 0 Å². The minimum atomic E-state index is 0.244. The van der Waals surface area contributed by atoms with Crippen LogP contribution in [0.2, 0.25) is 0 Å². The number of hydrogen-bond donors (Lipinski definition) is 1. The molecule has 1 N–H and O–H groups in total. The largest absolute Gasteiger partial charge is 0.496 e. The van der Waals surface area contributed by atoms with Gasteiger partial charge in [0.15, 0.2) is 0 Å². The molecule has 3 nitrogen and oxygen atoms in total. The summed E-state index contributed by atoms with van der Waals surface area (Å²) in [6, 6.07) is 5.99. The van der Waals surface area contributed by atoms with Crippen LogP contribution in [0.5, 0.6) is 5.75 Å². The average Bonchev–Trinajstić information content (AvgIpc) is 2.40. The first-order valence-corrected chi connectivity index (χ1v) is 6.57. The van der Waals surface area contributed by atoms with Gasteiger partial charge in [0.05, 0.1) is 7.11 Å². The number of carbonyl (C=O) groups excluding carboxylic acids is 1. The van der Waals surface area contributed by atoms with E-state index in [0.717, 1.165) is 42.8 Å². The minimum Gasteiger partial charge on any atom is -0.496 e. The summed E-state index contributed by atoms with van der Waals surface area (Å²) < 4.78 is 5.23. The van der Waals surface area contributed by atoms with E-state index in [1.165, 1.54) is 0 Å². The first-order valence-electron chi connectivity index (χ1n) is 6.57. The summed E-state index contributed by atoms with van der Waals surface area (Å²) in [6.45, 7) is 3.95. The first kappa shape index (κ1) is 13.1. The van der Waals surface area contributed by atoms with E-state index in [1.807, 2.05) is 19.1 Å². The topological polar surface area (TPSA) is 38.3 Å². The second-order valence-corrected chi connectivity index (χ2v) is 4.97. The predicted molar refractivity (Wildman–Crippen MR) is 72.0 cm³/mol. The highest BCUT2D eigenvalue weighted by molar-refractivity contribution is 5.83. The lowest BCUT2D eigenvalue weighted by molar-refractivity contribution is -0.122. The molecule has 1 aliphatic heterocycles. The summed E-state index contributed by atoms with van der Waals surface area (Å²) in [4.78, 5) is 12.2. The van der Waals surface area contributed by atoms with Crippen molar-refractivity contribution < 1.29 is 9.53 Å². The van der Waals surface area contributed by atoms with Crippen molar-refractivity contribution in [1.82, 2.24) is 5.32 Å². The first-order chi connectivity index (χ1) is 8.70. The molecule has 0 amide bonds. The van der Waals surface area contributed by atoms with E-state index >= 15 is 0 Å². The highest BCUT2D eigenvalue weighted by atomic mass is 16.5. The van der Waals surface area contributed by atoms with Gasteiger partial charge in [-0.05, 0) is 50.0 Å². The zero-order valence-corrected chi connectivity index (χ0v) is 11.2. The highest BCUT2D eigenvalue weighted by Gasteiger charge is 2.20. The summed E-state index contributed by atoms with van der Waals surface area (Å²) in [7, 11) is 1.67. The van der Waals surface area contributed by atoms with Gasteiger partial charge >= 0.3 is 0 Å². The Hall–Kier alpha value is -1.35. The van der Waals surface area contributed by atoms with Crippen LogP contribution in [-0.2, 0) is 11.2 Å². The molecule has 1 aliphatic rings. The maximum Gasteiger partial charge on any atom is 0.140 e. The molecule has 1 aromatic carbocycles. The van der Waals surface area contributed by atoms with Crippen molar-refractivity contribution in [3.8, 4) is 5.75 Å². The lowest BCUT2D eigenvalue weighted by Gasteiger charge is -2.21. The molecule has 98 valence electrons. The van der Waals surface area contributed by atoms with Crippen molar-refractivity contribution in [3.63, 3.8) is 0 Å². The summed E-state index contributed by atoms with van der Waals surface area (Å²) >= 11 is 0. The van der Waals surface area contributed by atoms with E-state index in [9.17, 15) is 4.79 Å². The van der Waals surface area contributed by atoms with Crippen LogP contribution in [0.4, 0.5) is 0 Å². The number of aryl methyl sites for hydroxylation is 1. The van der Waals surface area contributed by atoms with Crippen LogP contribution in [0.25, 0.3) is 0 Å². The van der Waals surface area contributed by atoms with Gasteiger partial charge < -0.3 is 10.1 Å². The Balaban J connectivity index is 2.00. The Kier molecular flexibility index (Phi) is 4.37. The van der Waals surface area contributed by atoms with Crippen molar-refractivity contribution in [2.24, 2.45) is 5.92 Å². The molecule has 0 atom stereocenters. The predicted octanol–water partition coefficient (Wildman–Crippen LogP) is 2.11. The smallest absolute Gasteiger partial charge is 0.140 e. The molecular formula is C15H21NO2. The van der Waals surface area contributed by atoms with Crippen molar-refractivity contribution in [2.45, 2.75) is 26.2 Å². The second-order valence-electron chi connectivity index (χ2n) is 4.97. The SMILES string of the molecule is COc1ccc(CC(=O)C2CCNCC2)cc1C. The standard InChI is InChI=1S/C15H21NO2/c1-11-9-12(3-4-15(11)18-2)10-14(17)13-5-7-16-8-6-13/h3-4,9,13,16H,5-8,10H2,1-2H3. The molecule has 2 rings (SSSR count). The van der Waals surface area contributed by atoms with Crippen molar-refractivity contribution >= 4 is 5.78 Å². The number of carbonyl (C=O) groups is 1. The molecule has 0 bridgehead atoms. The van der Waals surface area contributed by atoms with Crippen LogP contribution >= 0.6 is 0 Å². The zero-order valence-electron chi connectivity index (χ0n) is 11.2. The Bertz CT molecular complexity index is 423. The fourth-order valence-corrected chi connectivity index (χ4v) is 2.54. The van der Waals surface area contributed by atoms with E-state index in [0.29, 0.717) is 12.2 Å². The van der Waals surface area contributed by atoms with Gasteiger partial charge in [-0.25, -0.2) is 0 Å². The molecule has 0 aliphatic carbocycles. The number of methoxy groups -OCH3 is 1. The summed E-state index contributed by atoms with van der Waals surface area (Å²) in [5.41, 5.74) is 2.19. The maximum atomic E-state index is 12.2. The lowest BCUT2D eigenvalue weighted by atomic mass is 9.90. The summed E-state index contributed by atoms with van der Waals surface area (Å²) in [5, 5.41) is 3.29. The maximum absolute atomic E-state index is 12.2. The molecule has 0 aromatic heterocycles. The number of benzene rings is 1. The number of piperidine rings is 1. The number of nitrogens with one attached hydrogen (secondary N) is 1. The fraction of sp³-hybridized carbons (Fsp3) is 0.533. The van der Waals surface area contributed by atoms with E-state index in [2.05, 4.69) is 11.4 Å². The van der Waals surface area contributed by atoms with Gasteiger partial charge in [0.2, 0.25) is 0 Å². The van der Waals surface area contributed by atoms with Gasteiger partial charge in [-0.3, -0.25) is 4.79 Å². The molecule has 3 heteroatoms. The number of hydrogen-bond acceptors (Lipinski definition) is 3. The van der Waals surface area contributed by atoms with E-state index in [4.69, 9.17) is 4.74 Å². The molecular weight excluding hydrogens is 226 g/mol. The van der Waals surface area contributed by atoms with Crippen LogP contribution in [0, 0.1) is 12.8 Å². The summed E-state index contributed by atoms with van der Waals surface area (Å²) in [6.07, 6.45) is 2.51. The molecule has 0 saturated carbocycles. The Morgan fingerprint density at radius 2 is 2.11 bits per heavy atom. The molecule has 1 heterocycles. The van der Waals surface area contributed by atoms with E-state index in [1.54, 1.807) is 7.11 Å².